The van der Waals surface area contributed by atoms with Crippen LogP contribution in [-0.2, 0) is 0 Å². The molecule has 0 aliphatic heterocycles. The number of halogens is 5. The fourth-order valence-electron chi connectivity index (χ4n) is 1.48. The standard InChI is InChI=1S/C13H6BrClF3NO/c14-11-7(15)2-1-3-10(11)19-13(20)6-4-8(16)12(18)9(17)5-6/h1-5H,(H,19,20). The molecule has 2 aromatic rings. The summed E-state index contributed by atoms with van der Waals surface area (Å²) in [7, 11) is 0. The molecule has 0 bridgehead atoms. The van der Waals surface area contributed by atoms with Crippen LogP contribution in [0.25, 0.3) is 0 Å². The van der Waals surface area contributed by atoms with E-state index < -0.39 is 23.4 Å². The Morgan fingerprint density at radius 2 is 1.75 bits per heavy atom. The van der Waals surface area contributed by atoms with Crippen LogP contribution in [0.5, 0.6) is 0 Å². The first-order valence-electron chi connectivity index (χ1n) is 5.30. The minimum absolute atomic E-state index is 0.327. The van der Waals surface area contributed by atoms with Gasteiger partial charge >= 0.3 is 0 Å². The van der Waals surface area contributed by atoms with Gasteiger partial charge in [-0.25, -0.2) is 13.2 Å². The largest absolute Gasteiger partial charge is 0.321 e. The summed E-state index contributed by atoms with van der Waals surface area (Å²) in [6.45, 7) is 0. The van der Waals surface area contributed by atoms with E-state index in [-0.39, 0.29) is 5.56 Å². The molecule has 0 aliphatic rings. The van der Waals surface area contributed by atoms with Gasteiger partial charge in [0.25, 0.3) is 5.91 Å². The number of amides is 1. The minimum atomic E-state index is -1.62. The normalized spacial score (nSPS) is 10.4. The van der Waals surface area contributed by atoms with Crippen LogP contribution in [0.2, 0.25) is 5.02 Å². The van der Waals surface area contributed by atoms with Crippen LogP contribution in [0.1, 0.15) is 10.4 Å². The van der Waals surface area contributed by atoms with Gasteiger partial charge in [-0.05, 0) is 40.2 Å². The number of carbonyl (C=O) groups is 1. The van der Waals surface area contributed by atoms with Gasteiger partial charge in [-0.2, -0.15) is 0 Å². The lowest BCUT2D eigenvalue weighted by Crippen LogP contribution is -2.13. The molecule has 0 radical (unpaired) electrons. The highest BCUT2D eigenvalue weighted by Gasteiger charge is 2.16. The van der Waals surface area contributed by atoms with E-state index in [9.17, 15) is 18.0 Å². The van der Waals surface area contributed by atoms with Crippen LogP contribution >= 0.6 is 27.5 Å². The fourth-order valence-corrected chi connectivity index (χ4v) is 2.02. The molecule has 1 amide bonds. The van der Waals surface area contributed by atoms with E-state index in [0.717, 1.165) is 0 Å². The number of carbonyl (C=O) groups excluding carboxylic acids is 1. The summed E-state index contributed by atoms with van der Waals surface area (Å²) in [6, 6.07) is 5.97. The van der Waals surface area contributed by atoms with Gasteiger partial charge in [0.15, 0.2) is 17.5 Å². The average molecular weight is 365 g/mol. The van der Waals surface area contributed by atoms with Crippen LogP contribution in [-0.4, -0.2) is 5.91 Å². The third-order valence-electron chi connectivity index (χ3n) is 2.45. The molecule has 0 saturated carbocycles. The number of benzene rings is 2. The second kappa shape index (κ2) is 5.85. The molecular weight excluding hydrogens is 358 g/mol. The van der Waals surface area contributed by atoms with Gasteiger partial charge in [-0.1, -0.05) is 17.7 Å². The van der Waals surface area contributed by atoms with Gasteiger partial charge in [0.1, 0.15) is 0 Å². The van der Waals surface area contributed by atoms with Gasteiger partial charge in [0, 0.05) is 5.56 Å². The molecule has 1 N–H and O–H groups in total. The van der Waals surface area contributed by atoms with E-state index in [2.05, 4.69) is 21.2 Å². The smallest absolute Gasteiger partial charge is 0.255 e. The molecule has 0 aromatic heterocycles. The van der Waals surface area contributed by atoms with Gasteiger partial charge < -0.3 is 5.32 Å². The molecular formula is C13H6BrClF3NO. The maximum atomic E-state index is 13.1. The Morgan fingerprint density at radius 1 is 1.15 bits per heavy atom. The molecule has 0 saturated heterocycles. The highest BCUT2D eigenvalue weighted by atomic mass is 79.9. The van der Waals surface area contributed by atoms with E-state index in [1.54, 1.807) is 18.2 Å². The van der Waals surface area contributed by atoms with Crippen molar-refractivity contribution >= 4 is 39.1 Å². The Kier molecular flexibility index (Phi) is 4.35. The maximum absolute atomic E-state index is 13.1. The topological polar surface area (TPSA) is 29.1 Å². The fraction of sp³-hybridized carbons (Fsp3) is 0. The Morgan fingerprint density at radius 3 is 2.35 bits per heavy atom. The van der Waals surface area contributed by atoms with Gasteiger partial charge in [-0.15, -0.1) is 0 Å². The Bertz CT molecular complexity index is 670. The Balaban J connectivity index is 2.31. The second-order valence-electron chi connectivity index (χ2n) is 3.81. The van der Waals surface area contributed by atoms with Crippen molar-refractivity contribution in [2.75, 3.05) is 5.32 Å². The number of anilines is 1. The van der Waals surface area contributed by atoms with E-state index in [4.69, 9.17) is 11.6 Å². The maximum Gasteiger partial charge on any atom is 0.255 e. The monoisotopic (exact) mass is 363 g/mol. The van der Waals surface area contributed by atoms with Crippen molar-refractivity contribution in [1.29, 1.82) is 0 Å². The third kappa shape index (κ3) is 2.96. The first kappa shape index (κ1) is 14.9. The second-order valence-corrected chi connectivity index (χ2v) is 5.01. The van der Waals surface area contributed by atoms with Crippen LogP contribution < -0.4 is 5.32 Å². The van der Waals surface area contributed by atoms with Crippen molar-refractivity contribution in [1.82, 2.24) is 0 Å². The SMILES string of the molecule is O=C(Nc1cccc(Cl)c1Br)c1cc(F)c(F)c(F)c1. The van der Waals surface area contributed by atoms with Crippen molar-refractivity contribution in [3.63, 3.8) is 0 Å². The molecule has 0 spiro atoms. The van der Waals surface area contributed by atoms with E-state index in [1.165, 1.54) is 0 Å². The first-order valence-corrected chi connectivity index (χ1v) is 6.47. The summed E-state index contributed by atoms with van der Waals surface area (Å²) in [5.41, 5.74) is -0.0130. The zero-order valence-electron chi connectivity index (χ0n) is 9.68. The first-order chi connectivity index (χ1) is 9.40. The summed E-state index contributed by atoms with van der Waals surface area (Å²) in [4.78, 5) is 11.9. The number of nitrogens with one attached hydrogen (secondary N) is 1. The van der Waals surface area contributed by atoms with Crippen LogP contribution in [0.3, 0.4) is 0 Å². The molecule has 0 heterocycles. The van der Waals surface area contributed by atoms with Crippen molar-refractivity contribution < 1.29 is 18.0 Å². The van der Waals surface area contributed by atoms with Crippen LogP contribution in [0.4, 0.5) is 18.9 Å². The highest BCUT2D eigenvalue weighted by molar-refractivity contribution is 9.10. The molecule has 2 rings (SSSR count). The quantitative estimate of drug-likeness (QED) is 0.764. The van der Waals surface area contributed by atoms with Crippen molar-refractivity contribution in [2.45, 2.75) is 0 Å². The zero-order valence-corrected chi connectivity index (χ0v) is 12.0. The lowest BCUT2D eigenvalue weighted by molar-refractivity contribution is 0.102. The Hall–Kier alpha value is -1.53. The van der Waals surface area contributed by atoms with Gasteiger partial charge in [0.05, 0.1) is 15.2 Å². The highest BCUT2D eigenvalue weighted by Crippen LogP contribution is 2.30. The molecule has 0 aliphatic carbocycles. The van der Waals surface area contributed by atoms with Crippen molar-refractivity contribution in [3.8, 4) is 0 Å². The van der Waals surface area contributed by atoms with Crippen molar-refractivity contribution in [2.24, 2.45) is 0 Å². The molecule has 2 nitrogen and oxygen atoms in total. The van der Waals surface area contributed by atoms with E-state index >= 15 is 0 Å². The van der Waals surface area contributed by atoms with Crippen LogP contribution in [0.15, 0.2) is 34.8 Å². The average Bonchev–Trinajstić information content (AvgIpc) is 2.40. The predicted molar refractivity (Wildman–Crippen MR) is 73.4 cm³/mol. The molecule has 7 heteroatoms. The summed E-state index contributed by atoms with van der Waals surface area (Å²) in [5.74, 6) is -5.27. The van der Waals surface area contributed by atoms with Gasteiger partial charge in [-0.3, -0.25) is 4.79 Å². The molecule has 0 unspecified atom stereocenters. The van der Waals surface area contributed by atoms with Crippen molar-refractivity contribution in [3.05, 3.63) is 62.8 Å². The van der Waals surface area contributed by atoms with E-state index in [1.807, 2.05) is 0 Å². The van der Waals surface area contributed by atoms with Crippen LogP contribution in [0, 0.1) is 17.5 Å². The molecule has 2 aromatic carbocycles. The molecule has 20 heavy (non-hydrogen) atoms. The van der Waals surface area contributed by atoms with E-state index in [0.29, 0.717) is 27.3 Å². The summed E-state index contributed by atoms with van der Waals surface area (Å²) in [6.07, 6.45) is 0. The lowest BCUT2D eigenvalue weighted by Gasteiger charge is -2.09. The predicted octanol–water partition coefficient (Wildman–Crippen LogP) is 4.77. The lowest BCUT2D eigenvalue weighted by atomic mass is 10.2. The zero-order chi connectivity index (χ0) is 14.9. The number of hydrogen-bond donors (Lipinski definition) is 1. The summed E-state index contributed by atoms with van der Waals surface area (Å²) in [5, 5.41) is 2.78. The third-order valence-corrected chi connectivity index (χ3v) is 3.84. The molecule has 0 atom stereocenters. The van der Waals surface area contributed by atoms with Gasteiger partial charge in [0.2, 0.25) is 0 Å². The summed E-state index contributed by atoms with van der Waals surface area (Å²) >= 11 is 9.01. The molecule has 104 valence electrons. The minimum Gasteiger partial charge on any atom is -0.321 e. The number of hydrogen-bond acceptors (Lipinski definition) is 1. The summed E-state index contributed by atoms with van der Waals surface area (Å²) < 4.78 is 39.4. The molecule has 0 fully saturated rings. The number of rotatable bonds is 2. The Labute approximate surface area is 125 Å².